The first-order valence-electron chi connectivity index (χ1n) is 10.1. The van der Waals surface area contributed by atoms with Crippen molar-refractivity contribution in [3.8, 4) is 5.75 Å². The summed E-state index contributed by atoms with van der Waals surface area (Å²) in [6.07, 6.45) is 5.32. The molecule has 3 rings (SSSR count). The van der Waals surface area contributed by atoms with E-state index in [4.69, 9.17) is 4.74 Å². The minimum absolute atomic E-state index is 0.0115. The third kappa shape index (κ3) is 4.70. The van der Waals surface area contributed by atoms with E-state index in [1.807, 2.05) is 24.3 Å². The number of rotatable bonds is 6. The molecule has 0 bridgehead atoms. The molecule has 1 aromatic carbocycles. The molecule has 2 fully saturated rings. The van der Waals surface area contributed by atoms with Crippen LogP contribution >= 0.6 is 0 Å². The molecule has 1 heterocycles. The van der Waals surface area contributed by atoms with Gasteiger partial charge in [-0.25, -0.2) is 0 Å². The van der Waals surface area contributed by atoms with E-state index in [0.717, 1.165) is 37.0 Å². The third-order valence-corrected chi connectivity index (χ3v) is 5.93. The summed E-state index contributed by atoms with van der Waals surface area (Å²) in [5, 5.41) is 10.4. The third-order valence-electron chi connectivity index (χ3n) is 5.93. The van der Waals surface area contributed by atoms with Crippen LogP contribution in [0, 0.1) is 5.41 Å². The van der Waals surface area contributed by atoms with Gasteiger partial charge in [0.25, 0.3) is 0 Å². The fourth-order valence-electron chi connectivity index (χ4n) is 4.43. The summed E-state index contributed by atoms with van der Waals surface area (Å²) in [6.45, 7) is 4.25. The lowest BCUT2D eigenvalue weighted by molar-refractivity contribution is -0.156. The molecule has 1 N–H and O–H groups in total. The normalized spacial score (nSPS) is 21.0. The van der Waals surface area contributed by atoms with Crippen molar-refractivity contribution in [3.63, 3.8) is 0 Å². The predicted octanol–water partition coefficient (Wildman–Crippen LogP) is 3.65. The Morgan fingerprint density at radius 3 is 2.33 bits per heavy atom. The first kappa shape index (κ1) is 19.9. The number of likely N-dealkylation sites (tertiary alicyclic amines) is 1. The summed E-state index contributed by atoms with van der Waals surface area (Å²) in [5.41, 5.74) is 0.953. The number of hydrogen-bond donors (Lipinski definition) is 1. The lowest BCUT2D eigenvalue weighted by atomic mass is 9.67. The minimum Gasteiger partial charge on any atom is -0.491 e. The van der Waals surface area contributed by atoms with Gasteiger partial charge in [-0.2, -0.15) is 0 Å². The number of ether oxygens (including phenoxy) is 1. The topological polar surface area (TPSA) is 66.8 Å². The van der Waals surface area contributed by atoms with Gasteiger partial charge in [-0.05, 0) is 35.8 Å². The molecule has 2 amide bonds. The summed E-state index contributed by atoms with van der Waals surface area (Å²) in [6, 6.07) is 7.75. The standard InChI is InChI=1S/C22H31NO4/c1-16(2)18-8-4-5-9-19(18)27-15-17(24)14-23-20(25)12-22(13-21(23)26)10-6-3-7-11-22/h4-5,8-9,16-17,24H,3,6-7,10-15H2,1-2H3/t17-/m1/s1. The number of para-hydroxylation sites is 1. The number of piperidine rings is 1. The molecular formula is C22H31NO4. The lowest BCUT2D eigenvalue weighted by Crippen LogP contribution is -2.51. The molecule has 0 unspecified atom stereocenters. The molecule has 2 aliphatic rings. The van der Waals surface area contributed by atoms with Crippen LogP contribution in [0.5, 0.6) is 5.75 Å². The van der Waals surface area contributed by atoms with Gasteiger partial charge in [-0.15, -0.1) is 0 Å². The number of carbonyl (C=O) groups is 2. The van der Waals surface area contributed by atoms with Crippen molar-refractivity contribution >= 4 is 11.8 Å². The van der Waals surface area contributed by atoms with Crippen LogP contribution < -0.4 is 4.74 Å². The van der Waals surface area contributed by atoms with Crippen LogP contribution in [0.1, 0.15) is 70.3 Å². The number of carbonyl (C=O) groups excluding carboxylic acids is 2. The van der Waals surface area contributed by atoms with Crippen LogP contribution in [-0.4, -0.2) is 41.1 Å². The quantitative estimate of drug-likeness (QED) is 0.773. The van der Waals surface area contributed by atoms with Gasteiger partial charge in [0, 0.05) is 12.8 Å². The van der Waals surface area contributed by atoms with Crippen molar-refractivity contribution in [2.24, 2.45) is 5.41 Å². The summed E-state index contributed by atoms with van der Waals surface area (Å²) in [7, 11) is 0. The highest BCUT2D eigenvalue weighted by molar-refractivity contribution is 5.98. The molecule has 1 aromatic rings. The zero-order chi connectivity index (χ0) is 19.4. The Kier molecular flexibility index (Phi) is 6.20. The molecule has 1 aliphatic heterocycles. The van der Waals surface area contributed by atoms with Crippen LogP contribution in [0.2, 0.25) is 0 Å². The second-order valence-corrected chi connectivity index (χ2v) is 8.47. The van der Waals surface area contributed by atoms with Crippen LogP contribution in [0.3, 0.4) is 0 Å². The van der Waals surface area contributed by atoms with E-state index in [9.17, 15) is 14.7 Å². The maximum absolute atomic E-state index is 12.6. The summed E-state index contributed by atoms with van der Waals surface area (Å²) < 4.78 is 5.78. The molecule has 0 aromatic heterocycles. The summed E-state index contributed by atoms with van der Waals surface area (Å²) >= 11 is 0. The van der Waals surface area contributed by atoms with Gasteiger partial charge in [0.2, 0.25) is 11.8 Å². The fourth-order valence-corrected chi connectivity index (χ4v) is 4.43. The van der Waals surface area contributed by atoms with Crippen molar-refractivity contribution < 1.29 is 19.4 Å². The minimum atomic E-state index is -0.890. The number of benzene rings is 1. The molecule has 148 valence electrons. The van der Waals surface area contributed by atoms with E-state index in [2.05, 4.69) is 13.8 Å². The van der Waals surface area contributed by atoms with E-state index < -0.39 is 6.10 Å². The Hall–Kier alpha value is -1.88. The maximum atomic E-state index is 12.6. The SMILES string of the molecule is CC(C)c1ccccc1OC[C@H](O)CN1C(=O)CC2(CCCCC2)CC1=O. The second-order valence-electron chi connectivity index (χ2n) is 8.47. The Morgan fingerprint density at radius 1 is 1.07 bits per heavy atom. The molecule has 5 nitrogen and oxygen atoms in total. The van der Waals surface area contributed by atoms with Gasteiger partial charge in [0.05, 0.1) is 6.54 Å². The zero-order valence-electron chi connectivity index (χ0n) is 16.4. The number of nitrogens with zero attached hydrogens (tertiary/aromatic N) is 1. The van der Waals surface area contributed by atoms with Crippen LogP contribution in [0.15, 0.2) is 24.3 Å². The first-order chi connectivity index (χ1) is 12.9. The van der Waals surface area contributed by atoms with Gasteiger partial charge in [0.15, 0.2) is 0 Å². The number of aliphatic hydroxyl groups is 1. The van der Waals surface area contributed by atoms with Crippen molar-refractivity contribution in [1.82, 2.24) is 4.90 Å². The average molecular weight is 373 g/mol. The number of hydrogen-bond acceptors (Lipinski definition) is 4. The predicted molar refractivity (Wildman–Crippen MR) is 104 cm³/mol. The van der Waals surface area contributed by atoms with Crippen molar-refractivity contribution in [2.45, 2.75) is 70.8 Å². The monoisotopic (exact) mass is 373 g/mol. The Labute approximate surface area is 161 Å². The smallest absolute Gasteiger partial charge is 0.229 e. The highest BCUT2D eigenvalue weighted by Gasteiger charge is 2.44. The fraction of sp³-hybridized carbons (Fsp3) is 0.636. The van der Waals surface area contributed by atoms with Crippen LogP contribution in [0.4, 0.5) is 0 Å². The molecule has 1 atom stereocenters. The van der Waals surface area contributed by atoms with Gasteiger partial charge in [0.1, 0.15) is 18.5 Å². The molecule has 5 heteroatoms. The van der Waals surface area contributed by atoms with E-state index in [-0.39, 0.29) is 30.4 Å². The van der Waals surface area contributed by atoms with E-state index in [1.54, 1.807) is 0 Å². The van der Waals surface area contributed by atoms with E-state index in [1.165, 1.54) is 11.3 Å². The second kappa shape index (κ2) is 8.42. The van der Waals surface area contributed by atoms with Gasteiger partial charge in [-0.1, -0.05) is 51.3 Å². The van der Waals surface area contributed by atoms with E-state index >= 15 is 0 Å². The number of imide groups is 1. The summed E-state index contributed by atoms with van der Waals surface area (Å²) in [4.78, 5) is 26.4. The van der Waals surface area contributed by atoms with Crippen molar-refractivity contribution in [3.05, 3.63) is 29.8 Å². The van der Waals surface area contributed by atoms with Gasteiger partial charge in [-0.3, -0.25) is 14.5 Å². The zero-order valence-corrected chi connectivity index (χ0v) is 16.4. The molecule has 1 spiro atoms. The molecule has 1 saturated carbocycles. The molecule has 0 radical (unpaired) electrons. The van der Waals surface area contributed by atoms with Crippen LogP contribution in [-0.2, 0) is 9.59 Å². The maximum Gasteiger partial charge on any atom is 0.229 e. The largest absolute Gasteiger partial charge is 0.491 e. The number of amides is 2. The first-order valence-corrected chi connectivity index (χ1v) is 10.1. The Morgan fingerprint density at radius 2 is 1.70 bits per heavy atom. The highest BCUT2D eigenvalue weighted by atomic mass is 16.5. The Balaban J connectivity index is 1.56. The lowest BCUT2D eigenvalue weighted by Gasteiger charge is -2.42. The van der Waals surface area contributed by atoms with Gasteiger partial charge < -0.3 is 9.84 Å². The van der Waals surface area contributed by atoms with E-state index in [0.29, 0.717) is 18.8 Å². The molecule has 1 aliphatic carbocycles. The molecule has 1 saturated heterocycles. The number of β-amino-alcohol motifs (C(OH)–C–C–N with tert-alkyl or cyclic N) is 1. The molecule has 27 heavy (non-hydrogen) atoms. The molecular weight excluding hydrogens is 342 g/mol. The van der Waals surface area contributed by atoms with Crippen LogP contribution in [0.25, 0.3) is 0 Å². The average Bonchev–Trinajstić information content (AvgIpc) is 2.64. The van der Waals surface area contributed by atoms with Gasteiger partial charge >= 0.3 is 0 Å². The number of aliphatic hydroxyl groups excluding tert-OH is 1. The van der Waals surface area contributed by atoms with Crippen molar-refractivity contribution in [1.29, 1.82) is 0 Å². The summed E-state index contributed by atoms with van der Waals surface area (Å²) in [5.74, 6) is 0.767. The van der Waals surface area contributed by atoms with Crippen molar-refractivity contribution in [2.75, 3.05) is 13.2 Å². The highest BCUT2D eigenvalue weighted by Crippen LogP contribution is 2.45. The Bertz CT molecular complexity index is 659.